The van der Waals surface area contributed by atoms with Gasteiger partial charge in [-0.05, 0) is 51.7 Å². The van der Waals surface area contributed by atoms with Crippen molar-refractivity contribution < 1.29 is 13.3 Å². The van der Waals surface area contributed by atoms with E-state index in [9.17, 15) is 4.39 Å². The Morgan fingerprint density at radius 1 is 1.10 bits per heavy atom. The molecule has 0 radical (unpaired) electrons. The monoisotopic (exact) mass is 421 g/mol. The molecule has 0 amide bonds. The number of halogens is 1. The van der Waals surface area contributed by atoms with Gasteiger partial charge in [0.25, 0.3) is 0 Å². The first-order chi connectivity index (χ1) is 14.9. The zero-order valence-corrected chi connectivity index (χ0v) is 17.9. The summed E-state index contributed by atoms with van der Waals surface area (Å²) >= 11 is 0. The van der Waals surface area contributed by atoms with Gasteiger partial charge in [0.05, 0.1) is 29.3 Å². The third-order valence-corrected chi connectivity index (χ3v) is 5.13. The molecule has 31 heavy (non-hydrogen) atoms. The number of nitrogens with zero attached hydrogens (tertiary/aromatic N) is 4. The molecule has 4 rings (SSSR count). The van der Waals surface area contributed by atoms with Crippen LogP contribution in [0.25, 0.3) is 22.6 Å². The molecular formula is C23H24FN5O2. The zero-order chi connectivity index (χ0) is 22.0. The van der Waals surface area contributed by atoms with Gasteiger partial charge in [-0.3, -0.25) is 0 Å². The number of hydrogen-bond donors (Lipinski definition) is 1. The Morgan fingerprint density at radius 3 is 2.48 bits per heavy atom. The molecule has 1 N–H and O–H groups in total. The predicted molar refractivity (Wildman–Crippen MR) is 116 cm³/mol. The van der Waals surface area contributed by atoms with Gasteiger partial charge in [0.15, 0.2) is 5.76 Å². The molecule has 160 valence electrons. The molecule has 0 saturated carbocycles. The van der Waals surface area contributed by atoms with E-state index in [1.807, 2.05) is 40.1 Å². The van der Waals surface area contributed by atoms with Crippen molar-refractivity contribution in [2.75, 3.05) is 26.0 Å². The normalized spacial score (nSPS) is 12.3. The van der Waals surface area contributed by atoms with E-state index in [0.29, 0.717) is 23.9 Å². The minimum absolute atomic E-state index is 0.0138. The summed E-state index contributed by atoms with van der Waals surface area (Å²) in [6.45, 7) is 4.29. The predicted octanol–water partition coefficient (Wildman–Crippen LogP) is 4.86. The Bertz CT molecular complexity index is 1170. The average Bonchev–Trinajstić information content (AvgIpc) is 3.37. The molecular weight excluding hydrogens is 397 g/mol. The van der Waals surface area contributed by atoms with E-state index in [2.05, 4.69) is 20.4 Å². The summed E-state index contributed by atoms with van der Waals surface area (Å²) in [6.07, 6.45) is 3.35. The molecule has 0 bridgehead atoms. The number of aryl methyl sites for hydroxylation is 2. The molecule has 0 fully saturated rings. The van der Waals surface area contributed by atoms with Crippen LogP contribution in [0.1, 0.15) is 23.1 Å². The summed E-state index contributed by atoms with van der Waals surface area (Å²) in [5.74, 6) is 1.57. The number of aromatic nitrogens is 3. The van der Waals surface area contributed by atoms with Gasteiger partial charge in [-0.25, -0.2) is 14.4 Å². The Labute approximate surface area is 179 Å². The van der Waals surface area contributed by atoms with Crippen LogP contribution in [-0.4, -0.2) is 40.7 Å². The lowest BCUT2D eigenvalue weighted by Gasteiger charge is -2.25. The highest BCUT2D eigenvalue weighted by molar-refractivity contribution is 5.79. The molecule has 3 heterocycles. The molecule has 0 saturated heterocycles. The van der Waals surface area contributed by atoms with Crippen LogP contribution in [0, 0.1) is 19.7 Å². The maximum absolute atomic E-state index is 13.3. The fraction of sp³-hybridized carbons (Fsp3) is 0.261. The van der Waals surface area contributed by atoms with Gasteiger partial charge >= 0.3 is 0 Å². The van der Waals surface area contributed by atoms with E-state index in [-0.39, 0.29) is 11.9 Å². The highest BCUT2D eigenvalue weighted by atomic mass is 19.1. The Morgan fingerprint density at radius 2 is 1.87 bits per heavy atom. The van der Waals surface area contributed by atoms with E-state index in [4.69, 9.17) is 13.9 Å². The van der Waals surface area contributed by atoms with E-state index >= 15 is 0 Å². The van der Waals surface area contributed by atoms with Crippen molar-refractivity contribution in [1.29, 1.82) is 0 Å². The van der Waals surface area contributed by atoms with Crippen LogP contribution in [0.2, 0.25) is 0 Å². The molecule has 8 heteroatoms. The number of rotatable bonds is 7. The summed E-state index contributed by atoms with van der Waals surface area (Å²) < 4.78 is 24.3. The number of hydrogen-bond acceptors (Lipinski definition) is 7. The standard InChI is InChI=1S/C23H24FN5O2/c1-14-11-21(31-28-14)19-12-25-23(27-22(19)18-9-10-30-15(18)2)26-13-20(29(3)4)16-5-7-17(24)8-6-16/h5-12,20H,13H2,1-4H3,(H,25,26,27). The third-order valence-electron chi connectivity index (χ3n) is 5.13. The summed E-state index contributed by atoms with van der Waals surface area (Å²) in [5, 5.41) is 7.29. The molecule has 0 spiro atoms. The van der Waals surface area contributed by atoms with Gasteiger partial charge in [-0.2, -0.15) is 0 Å². The van der Waals surface area contributed by atoms with Crippen molar-refractivity contribution in [3.8, 4) is 22.6 Å². The van der Waals surface area contributed by atoms with Crippen LogP contribution in [0.5, 0.6) is 0 Å². The molecule has 1 unspecified atom stereocenters. The first-order valence-corrected chi connectivity index (χ1v) is 9.93. The van der Waals surface area contributed by atoms with Gasteiger partial charge in [0.2, 0.25) is 5.95 Å². The zero-order valence-electron chi connectivity index (χ0n) is 17.9. The smallest absolute Gasteiger partial charge is 0.223 e. The third kappa shape index (κ3) is 4.49. The van der Waals surface area contributed by atoms with Crippen LogP contribution in [-0.2, 0) is 0 Å². The van der Waals surface area contributed by atoms with Crippen molar-refractivity contribution in [2.24, 2.45) is 0 Å². The highest BCUT2D eigenvalue weighted by Gasteiger charge is 2.19. The lowest BCUT2D eigenvalue weighted by Crippen LogP contribution is -2.27. The summed E-state index contributed by atoms with van der Waals surface area (Å²) in [4.78, 5) is 11.3. The number of furan rings is 1. The second-order valence-corrected chi connectivity index (χ2v) is 7.59. The van der Waals surface area contributed by atoms with Crippen LogP contribution >= 0.6 is 0 Å². The SMILES string of the molecule is Cc1cc(-c2cnc(NCC(c3ccc(F)cc3)N(C)C)nc2-c2ccoc2C)on1. The number of likely N-dealkylation sites (N-methyl/N-ethyl adjacent to an activating group) is 1. The van der Waals surface area contributed by atoms with Crippen LogP contribution in [0.15, 0.2) is 57.8 Å². The molecule has 0 aliphatic carbocycles. The van der Waals surface area contributed by atoms with Crippen LogP contribution in [0.3, 0.4) is 0 Å². The van der Waals surface area contributed by atoms with Gasteiger partial charge in [0.1, 0.15) is 11.6 Å². The molecule has 0 aliphatic heterocycles. The van der Waals surface area contributed by atoms with Crippen molar-refractivity contribution >= 4 is 5.95 Å². The fourth-order valence-electron chi connectivity index (χ4n) is 3.45. The molecule has 0 aliphatic rings. The van der Waals surface area contributed by atoms with E-state index in [0.717, 1.165) is 28.1 Å². The number of benzene rings is 1. The topological polar surface area (TPSA) is 80.2 Å². The largest absolute Gasteiger partial charge is 0.469 e. The highest BCUT2D eigenvalue weighted by Crippen LogP contribution is 2.33. The molecule has 7 nitrogen and oxygen atoms in total. The van der Waals surface area contributed by atoms with Gasteiger partial charge in [0, 0.05) is 24.4 Å². The summed E-state index contributed by atoms with van der Waals surface area (Å²) in [7, 11) is 3.96. The number of nitrogens with one attached hydrogen (secondary N) is 1. The maximum atomic E-state index is 13.3. The van der Waals surface area contributed by atoms with Crippen molar-refractivity contribution in [3.63, 3.8) is 0 Å². The summed E-state index contributed by atoms with van der Waals surface area (Å²) in [5.41, 5.74) is 4.07. The van der Waals surface area contributed by atoms with E-state index in [1.165, 1.54) is 12.1 Å². The molecule has 1 aromatic carbocycles. The lowest BCUT2D eigenvalue weighted by atomic mass is 10.1. The first kappa shape index (κ1) is 20.7. The summed E-state index contributed by atoms with van der Waals surface area (Å²) in [6, 6.07) is 10.2. The van der Waals surface area contributed by atoms with Gasteiger partial charge < -0.3 is 19.2 Å². The second kappa shape index (κ2) is 8.69. The Hall–Kier alpha value is -3.52. The fourth-order valence-corrected chi connectivity index (χ4v) is 3.45. The van der Waals surface area contributed by atoms with Crippen molar-refractivity contribution in [2.45, 2.75) is 19.9 Å². The quantitative estimate of drug-likeness (QED) is 0.456. The first-order valence-electron chi connectivity index (χ1n) is 9.93. The minimum Gasteiger partial charge on any atom is -0.469 e. The van der Waals surface area contributed by atoms with Gasteiger partial charge in [-0.1, -0.05) is 17.3 Å². The Balaban J connectivity index is 1.64. The molecule has 1 atom stereocenters. The lowest BCUT2D eigenvalue weighted by molar-refractivity contribution is 0.311. The number of anilines is 1. The maximum Gasteiger partial charge on any atom is 0.223 e. The van der Waals surface area contributed by atoms with E-state index in [1.54, 1.807) is 24.6 Å². The average molecular weight is 421 g/mol. The van der Waals surface area contributed by atoms with Crippen molar-refractivity contribution in [1.82, 2.24) is 20.0 Å². The van der Waals surface area contributed by atoms with Crippen molar-refractivity contribution in [3.05, 3.63) is 71.7 Å². The second-order valence-electron chi connectivity index (χ2n) is 7.59. The minimum atomic E-state index is -0.254. The molecule has 3 aromatic heterocycles. The Kier molecular flexibility index (Phi) is 5.81. The van der Waals surface area contributed by atoms with Crippen LogP contribution < -0.4 is 5.32 Å². The van der Waals surface area contributed by atoms with Crippen LogP contribution in [0.4, 0.5) is 10.3 Å². The van der Waals surface area contributed by atoms with E-state index < -0.39 is 0 Å². The molecule has 4 aromatic rings. The van der Waals surface area contributed by atoms with Gasteiger partial charge in [-0.15, -0.1) is 0 Å².